The summed E-state index contributed by atoms with van der Waals surface area (Å²) in [5.41, 5.74) is -0.832. The molecule has 2 unspecified atom stereocenters. The third-order valence-corrected chi connectivity index (χ3v) is 12.9. The van der Waals surface area contributed by atoms with Gasteiger partial charge in [-0.3, -0.25) is 9.59 Å². The SMILES string of the molecule is C=CC1C[C@]1(NC(=O)[C@@H]1CC(Oc2cc(-c3csc(NC(C)C)n3)nc3c(Cl)c(OC)ccc23)CN1C(=O)[C@@H](NC(=O)OC1C2CCC1CC2)C(C)(C)C)C(=O)O. The summed E-state index contributed by atoms with van der Waals surface area (Å²) in [6.45, 7) is 13.2. The van der Waals surface area contributed by atoms with Gasteiger partial charge in [0.1, 0.15) is 52.0 Å². The van der Waals surface area contributed by atoms with E-state index in [-0.39, 0.29) is 36.6 Å². The van der Waals surface area contributed by atoms with E-state index in [4.69, 9.17) is 35.8 Å². The minimum absolute atomic E-state index is 0.0287. The second-order valence-corrected chi connectivity index (χ2v) is 18.3. The van der Waals surface area contributed by atoms with Crippen LogP contribution in [0.25, 0.3) is 22.3 Å². The highest BCUT2D eigenvalue weighted by Crippen LogP contribution is 2.47. The molecule has 3 aromatic rings. The van der Waals surface area contributed by atoms with Crippen LogP contribution in [0.15, 0.2) is 36.2 Å². The highest BCUT2D eigenvalue weighted by Gasteiger charge is 2.61. The van der Waals surface area contributed by atoms with Crippen molar-refractivity contribution in [3.63, 3.8) is 0 Å². The molecule has 1 aromatic carbocycles. The summed E-state index contributed by atoms with van der Waals surface area (Å²) < 4.78 is 18.1. The lowest BCUT2D eigenvalue weighted by Crippen LogP contribution is -2.59. The Bertz CT molecular complexity index is 2070. The first kappa shape index (κ1) is 40.6. The number of pyridine rings is 1. The zero-order chi connectivity index (χ0) is 41.0. The van der Waals surface area contributed by atoms with Gasteiger partial charge in [-0.25, -0.2) is 19.6 Å². The Kier molecular flexibility index (Phi) is 11.1. The number of aromatic nitrogens is 2. The number of carbonyl (C=O) groups excluding carboxylic acids is 3. The predicted molar refractivity (Wildman–Crippen MR) is 217 cm³/mol. The summed E-state index contributed by atoms with van der Waals surface area (Å²) in [6.07, 6.45) is 4.22. The van der Waals surface area contributed by atoms with Gasteiger partial charge < -0.3 is 40.2 Å². The molecule has 5 atom stereocenters. The molecule has 3 aliphatic carbocycles. The quantitative estimate of drug-likeness (QED) is 0.135. The zero-order valence-corrected chi connectivity index (χ0v) is 34.7. The van der Waals surface area contributed by atoms with E-state index in [2.05, 4.69) is 22.5 Å². The second-order valence-electron chi connectivity index (χ2n) is 17.1. The van der Waals surface area contributed by atoms with Crippen LogP contribution in [0.1, 0.15) is 73.1 Å². The maximum absolute atomic E-state index is 14.7. The number of nitrogens with one attached hydrogen (secondary N) is 3. The van der Waals surface area contributed by atoms with E-state index >= 15 is 0 Å². The van der Waals surface area contributed by atoms with Crippen LogP contribution in [0.3, 0.4) is 0 Å². The first-order chi connectivity index (χ1) is 27.0. The van der Waals surface area contributed by atoms with E-state index in [1.807, 2.05) is 40.0 Å². The first-order valence-electron chi connectivity index (χ1n) is 19.5. The summed E-state index contributed by atoms with van der Waals surface area (Å²) in [4.78, 5) is 65.8. The number of carboxylic acids is 1. The number of thiazole rings is 1. The van der Waals surface area contributed by atoms with Gasteiger partial charge in [0.25, 0.3) is 0 Å². The lowest BCUT2D eigenvalue weighted by molar-refractivity contribution is -0.146. The van der Waals surface area contributed by atoms with Gasteiger partial charge in [0.2, 0.25) is 11.8 Å². The second kappa shape index (κ2) is 15.6. The number of likely N-dealkylation sites (tertiary alicyclic amines) is 1. The lowest BCUT2D eigenvalue weighted by Gasteiger charge is -2.35. The first-order valence-corrected chi connectivity index (χ1v) is 20.8. The van der Waals surface area contributed by atoms with Gasteiger partial charge in [-0.15, -0.1) is 17.9 Å². The maximum Gasteiger partial charge on any atom is 0.408 e. The fourth-order valence-electron chi connectivity index (χ4n) is 8.64. The number of carboxylic acid groups (broad SMARTS) is 1. The molecule has 3 amide bonds. The molecular weight excluding hydrogens is 772 g/mol. The Morgan fingerprint density at radius 1 is 1.09 bits per heavy atom. The van der Waals surface area contributed by atoms with Crippen LogP contribution in [0, 0.1) is 23.2 Å². The smallest absolute Gasteiger partial charge is 0.408 e. The van der Waals surface area contributed by atoms with Gasteiger partial charge in [0.15, 0.2) is 5.13 Å². The van der Waals surface area contributed by atoms with Crippen molar-refractivity contribution in [3.05, 3.63) is 41.3 Å². The van der Waals surface area contributed by atoms with Gasteiger partial charge in [-0.05, 0) is 75.3 Å². The predicted octanol–water partition coefficient (Wildman–Crippen LogP) is 6.66. The van der Waals surface area contributed by atoms with Gasteiger partial charge in [0.05, 0.1) is 24.9 Å². The van der Waals surface area contributed by atoms with Gasteiger partial charge in [0, 0.05) is 35.2 Å². The number of hydrogen-bond donors (Lipinski definition) is 4. The molecule has 2 aromatic heterocycles. The van der Waals surface area contributed by atoms with Crippen molar-refractivity contribution in [3.8, 4) is 22.9 Å². The maximum atomic E-state index is 14.7. The van der Waals surface area contributed by atoms with Crippen molar-refractivity contribution in [1.29, 1.82) is 0 Å². The highest BCUT2D eigenvalue weighted by molar-refractivity contribution is 7.14. The number of nitrogens with zero attached hydrogens (tertiary/aromatic N) is 3. The summed E-state index contributed by atoms with van der Waals surface area (Å²) in [5.74, 6) is -1.34. The molecular formula is C41H51ClN6O8S. The number of aliphatic carboxylic acids is 1. The molecule has 306 valence electrons. The number of carbonyl (C=O) groups is 4. The molecule has 7 rings (SSSR count). The Labute approximate surface area is 341 Å². The van der Waals surface area contributed by atoms with Crippen LogP contribution in [-0.2, 0) is 19.1 Å². The minimum Gasteiger partial charge on any atom is -0.495 e. The van der Waals surface area contributed by atoms with E-state index in [0.29, 0.717) is 45.6 Å². The van der Waals surface area contributed by atoms with Crippen LogP contribution in [0.2, 0.25) is 5.02 Å². The van der Waals surface area contributed by atoms with Crippen molar-refractivity contribution in [2.45, 2.75) is 109 Å². The average Bonchev–Trinajstić information content (AvgIpc) is 3.61. The topological polar surface area (TPSA) is 181 Å². The lowest BCUT2D eigenvalue weighted by atomic mass is 9.85. The number of hydrogen-bond acceptors (Lipinski definition) is 11. The van der Waals surface area contributed by atoms with Crippen molar-refractivity contribution < 1.29 is 38.5 Å². The summed E-state index contributed by atoms with van der Waals surface area (Å²) >= 11 is 8.26. The average molecular weight is 823 g/mol. The molecule has 1 saturated heterocycles. The molecule has 1 aliphatic heterocycles. The van der Waals surface area contributed by atoms with Crippen molar-refractivity contribution in [1.82, 2.24) is 25.5 Å². The number of methoxy groups -OCH3 is 1. The van der Waals surface area contributed by atoms with Crippen LogP contribution >= 0.6 is 22.9 Å². The van der Waals surface area contributed by atoms with E-state index < -0.39 is 58.9 Å². The Morgan fingerprint density at radius 2 is 1.79 bits per heavy atom. The molecule has 2 bridgehead atoms. The van der Waals surface area contributed by atoms with Crippen molar-refractivity contribution in [2.24, 2.45) is 23.2 Å². The summed E-state index contributed by atoms with van der Waals surface area (Å²) in [7, 11) is 1.51. The van der Waals surface area contributed by atoms with E-state index in [1.54, 1.807) is 18.2 Å². The Hall–Kier alpha value is -4.63. The van der Waals surface area contributed by atoms with Gasteiger partial charge in [-0.1, -0.05) is 38.4 Å². The molecule has 16 heteroatoms. The van der Waals surface area contributed by atoms with Crippen LogP contribution in [0.5, 0.6) is 11.5 Å². The van der Waals surface area contributed by atoms with Crippen LogP contribution < -0.4 is 25.4 Å². The molecule has 4 N–H and O–H groups in total. The normalized spacial score (nSPS) is 26.9. The monoisotopic (exact) mass is 822 g/mol. The molecule has 3 saturated carbocycles. The number of halogens is 1. The minimum atomic E-state index is -1.53. The summed E-state index contributed by atoms with van der Waals surface area (Å²) in [6, 6.07) is 3.20. The highest BCUT2D eigenvalue weighted by atomic mass is 35.5. The molecule has 3 heterocycles. The number of alkyl carbamates (subject to hydrolysis) is 1. The number of benzene rings is 1. The molecule has 4 aliphatic rings. The largest absolute Gasteiger partial charge is 0.495 e. The summed E-state index contributed by atoms with van der Waals surface area (Å²) in [5, 5.41) is 22.5. The molecule has 0 radical (unpaired) electrons. The van der Waals surface area contributed by atoms with Crippen molar-refractivity contribution in [2.75, 3.05) is 19.0 Å². The van der Waals surface area contributed by atoms with Gasteiger partial charge in [-0.2, -0.15) is 0 Å². The zero-order valence-electron chi connectivity index (χ0n) is 33.1. The number of anilines is 1. The van der Waals surface area contributed by atoms with Gasteiger partial charge >= 0.3 is 12.1 Å². The number of ether oxygens (including phenoxy) is 3. The third-order valence-electron chi connectivity index (χ3n) is 11.8. The Balaban J connectivity index is 1.21. The fourth-order valence-corrected chi connectivity index (χ4v) is 9.78. The van der Waals surface area contributed by atoms with E-state index in [9.17, 15) is 24.3 Å². The number of rotatable bonds is 13. The van der Waals surface area contributed by atoms with Crippen LogP contribution in [-0.4, -0.2) is 93.4 Å². The molecule has 4 fully saturated rings. The molecule has 0 spiro atoms. The Morgan fingerprint density at radius 3 is 2.39 bits per heavy atom. The molecule has 14 nitrogen and oxygen atoms in total. The van der Waals surface area contributed by atoms with Crippen molar-refractivity contribution >= 4 is 62.8 Å². The fraction of sp³-hybridized carbons (Fsp3) is 0.561. The third kappa shape index (κ3) is 7.97. The van der Waals surface area contributed by atoms with E-state index in [1.165, 1.54) is 29.4 Å². The molecule has 57 heavy (non-hydrogen) atoms. The number of amides is 3. The number of fused-ring (bicyclic) bond motifs is 3. The van der Waals surface area contributed by atoms with Crippen LogP contribution in [0.4, 0.5) is 9.93 Å². The van der Waals surface area contributed by atoms with E-state index in [0.717, 1.165) is 30.8 Å². The standard InChI is InChI=1S/C41H51ClN6O8S/c1-8-23-17-41(23,37(51)52)47-35(49)28-15-24(18-48(28)36(50)34(40(4,5)6)46-39(53)56-33-21-9-10-22(33)12-11-21)55-30-16-26(27-19-57-38(45-27)43-20(2)3)44-32-25(30)13-14-29(54-7)31(32)42/h8,13-14,16,19-24,28,33-34H,1,9-12,15,17-18H2,2-7H3,(H,43,45)(H,46,53)(H,47,49)(H,51,52)/t21?,22?,23?,24?,28-,33?,34+,41+/m0/s1.